The number of hydrogen-bond donors (Lipinski definition) is 1. The van der Waals surface area contributed by atoms with Gasteiger partial charge in [-0.2, -0.15) is 0 Å². The molecule has 0 unspecified atom stereocenters. The molecule has 2 atom stereocenters. The van der Waals surface area contributed by atoms with Gasteiger partial charge in [0.05, 0.1) is 11.5 Å². The number of nitrogens with zero attached hydrogens (tertiary/aromatic N) is 3. The number of aliphatic carboxylic acids is 1. The Hall–Kier alpha value is -2.89. The number of carbonyl (C=O) groups is 2. The number of pyridine rings is 1. The van der Waals surface area contributed by atoms with Crippen molar-refractivity contribution < 1.29 is 14.7 Å². The van der Waals surface area contributed by atoms with E-state index < -0.39 is 11.9 Å². The first-order valence-corrected chi connectivity index (χ1v) is 9.41. The molecule has 2 aromatic rings. The Morgan fingerprint density at radius 1 is 1.00 bits per heavy atom. The summed E-state index contributed by atoms with van der Waals surface area (Å²) in [7, 11) is 0. The van der Waals surface area contributed by atoms with Crippen molar-refractivity contribution in [2.45, 2.75) is 18.8 Å². The zero-order valence-electron chi connectivity index (χ0n) is 15.1. The smallest absolute Gasteiger partial charge is 0.308 e. The van der Waals surface area contributed by atoms with Crippen LogP contribution in [0.4, 0.5) is 5.69 Å². The number of hydrogen-bond acceptors (Lipinski definition) is 4. The van der Waals surface area contributed by atoms with Crippen molar-refractivity contribution in [2.75, 3.05) is 31.1 Å². The summed E-state index contributed by atoms with van der Waals surface area (Å²) >= 11 is 0. The topological polar surface area (TPSA) is 73.7 Å². The largest absolute Gasteiger partial charge is 0.481 e. The molecular formula is C21H23N3O3. The Kier molecular flexibility index (Phi) is 4.79. The van der Waals surface area contributed by atoms with Crippen LogP contribution >= 0.6 is 0 Å². The Balaban J connectivity index is 1.61. The summed E-state index contributed by atoms with van der Waals surface area (Å²) in [6, 6.07) is 11.3. The van der Waals surface area contributed by atoms with Crippen LogP contribution in [-0.2, 0) is 4.79 Å². The van der Waals surface area contributed by atoms with E-state index in [-0.39, 0.29) is 18.4 Å². The summed E-state index contributed by atoms with van der Waals surface area (Å²) in [5.41, 5.74) is 2.54. The lowest BCUT2D eigenvalue weighted by Gasteiger charge is -2.24. The zero-order chi connectivity index (χ0) is 18.8. The predicted molar refractivity (Wildman–Crippen MR) is 102 cm³/mol. The molecular weight excluding hydrogens is 342 g/mol. The van der Waals surface area contributed by atoms with E-state index in [9.17, 15) is 14.7 Å². The highest BCUT2D eigenvalue weighted by atomic mass is 16.4. The molecule has 3 heterocycles. The van der Waals surface area contributed by atoms with Crippen molar-refractivity contribution in [3.05, 3.63) is 59.9 Å². The molecule has 4 rings (SSSR count). The average molecular weight is 365 g/mol. The van der Waals surface area contributed by atoms with Crippen molar-refractivity contribution in [2.24, 2.45) is 5.92 Å². The summed E-state index contributed by atoms with van der Waals surface area (Å²) in [5.74, 6) is -1.76. The molecule has 2 aliphatic rings. The highest BCUT2D eigenvalue weighted by Gasteiger charge is 2.41. The molecule has 0 spiro atoms. The van der Waals surface area contributed by atoms with Crippen LogP contribution in [0, 0.1) is 5.92 Å². The van der Waals surface area contributed by atoms with E-state index in [2.05, 4.69) is 9.88 Å². The molecule has 1 aromatic carbocycles. The maximum Gasteiger partial charge on any atom is 0.308 e. The van der Waals surface area contributed by atoms with Gasteiger partial charge in [-0.15, -0.1) is 0 Å². The summed E-state index contributed by atoms with van der Waals surface area (Å²) in [6.07, 6.45) is 5.61. The number of para-hydroxylation sites is 1. The second kappa shape index (κ2) is 7.39. The minimum Gasteiger partial charge on any atom is -0.481 e. The third kappa shape index (κ3) is 3.39. The Bertz CT molecular complexity index is 834. The molecule has 2 saturated heterocycles. The SMILES string of the molecule is O=C(O)[C@@H]1CN(C(=O)c2ccccc2N2CCCC2)C[C@H]1c1ccncc1. The summed E-state index contributed by atoms with van der Waals surface area (Å²) in [4.78, 5) is 33.0. The van der Waals surface area contributed by atoms with E-state index in [4.69, 9.17) is 0 Å². The third-order valence-corrected chi connectivity index (χ3v) is 5.64. The van der Waals surface area contributed by atoms with Gasteiger partial charge >= 0.3 is 5.97 Å². The normalized spacial score (nSPS) is 22.2. The summed E-state index contributed by atoms with van der Waals surface area (Å²) in [5, 5.41) is 9.68. The van der Waals surface area contributed by atoms with Crippen molar-refractivity contribution in [1.82, 2.24) is 9.88 Å². The number of rotatable bonds is 4. The van der Waals surface area contributed by atoms with Crippen molar-refractivity contribution in [1.29, 1.82) is 0 Å². The molecule has 1 N–H and O–H groups in total. The molecule has 0 saturated carbocycles. The molecule has 6 heteroatoms. The van der Waals surface area contributed by atoms with Crippen LogP contribution < -0.4 is 4.90 Å². The first-order chi connectivity index (χ1) is 13.1. The first kappa shape index (κ1) is 17.5. The zero-order valence-corrected chi connectivity index (χ0v) is 15.1. The van der Waals surface area contributed by atoms with Gasteiger partial charge in [0.1, 0.15) is 0 Å². The van der Waals surface area contributed by atoms with Crippen LogP contribution in [-0.4, -0.2) is 53.0 Å². The van der Waals surface area contributed by atoms with E-state index >= 15 is 0 Å². The molecule has 0 bridgehead atoms. The van der Waals surface area contributed by atoms with E-state index in [1.165, 1.54) is 0 Å². The van der Waals surface area contributed by atoms with Crippen LogP contribution in [0.15, 0.2) is 48.8 Å². The van der Waals surface area contributed by atoms with Crippen LogP contribution in [0.5, 0.6) is 0 Å². The lowest BCUT2D eigenvalue weighted by molar-refractivity contribution is -0.141. The van der Waals surface area contributed by atoms with E-state index in [0.717, 1.165) is 37.2 Å². The molecule has 0 aliphatic carbocycles. The number of anilines is 1. The summed E-state index contributed by atoms with van der Waals surface area (Å²) in [6.45, 7) is 2.56. The lowest BCUT2D eigenvalue weighted by Crippen LogP contribution is -2.31. The molecule has 0 radical (unpaired) electrons. The number of amides is 1. The van der Waals surface area contributed by atoms with Crippen molar-refractivity contribution in [3.63, 3.8) is 0 Å². The van der Waals surface area contributed by atoms with Gasteiger partial charge in [0.2, 0.25) is 0 Å². The fourth-order valence-electron chi connectivity index (χ4n) is 4.23. The molecule has 2 fully saturated rings. The van der Waals surface area contributed by atoms with Crippen molar-refractivity contribution in [3.8, 4) is 0 Å². The van der Waals surface area contributed by atoms with Gasteiger partial charge in [-0.05, 0) is 42.7 Å². The highest BCUT2D eigenvalue weighted by molar-refractivity contribution is 6.00. The minimum absolute atomic E-state index is 0.0830. The monoisotopic (exact) mass is 365 g/mol. The van der Waals surface area contributed by atoms with Gasteiger partial charge in [0.15, 0.2) is 0 Å². The first-order valence-electron chi connectivity index (χ1n) is 9.41. The van der Waals surface area contributed by atoms with Crippen molar-refractivity contribution >= 4 is 17.6 Å². The van der Waals surface area contributed by atoms with E-state index in [0.29, 0.717) is 12.1 Å². The lowest BCUT2D eigenvalue weighted by atomic mass is 9.90. The molecule has 140 valence electrons. The fraction of sp³-hybridized carbons (Fsp3) is 0.381. The van der Waals surface area contributed by atoms with Crippen LogP contribution in [0.2, 0.25) is 0 Å². The average Bonchev–Trinajstić information content (AvgIpc) is 3.38. The molecule has 1 amide bonds. The predicted octanol–water partition coefficient (Wildman–Crippen LogP) is 2.62. The van der Waals surface area contributed by atoms with E-state index in [1.54, 1.807) is 17.3 Å². The molecule has 1 aromatic heterocycles. The number of carbonyl (C=O) groups excluding carboxylic acids is 1. The van der Waals surface area contributed by atoms with Gasteiger partial charge in [-0.3, -0.25) is 14.6 Å². The van der Waals surface area contributed by atoms with Gasteiger partial charge in [-0.1, -0.05) is 12.1 Å². The Labute approximate surface area is 158 Å². The van der Waals surface area contributed by atoms with Crippen LogP contribution in [0.1, 0.15) is 34.7 Å². The quantitative estimate of drug-likeness (QED) is 0.902. The fourth-order valence-corrected chi connectivity index (χ4v) is 4.23. The second-order valence-corrected chi connectivity index (χ2v) is 7.25. The minimum atomic E-state index is -0.861. The Morgan fingerprint density at radius 3 is 2.41 bits per heavy atom. The number of benzene rings is 1. The number of likely N-dealkylation sites (tertiary alicyclic amines) is 1. The Morgan fingerprint density at radius 2 is 1.70 bits per heavy atom. The second-order valence-electron chi connectivity index (χ2n) is 7.25. The van der Waals surface area contributed by atoms with Gasteiger partial charge in [0.25, 0.3) is 5.91 Å². The van der Waals surface area contributed by atoms with Gasteiger partial charge in [-0.25, -0.2) is 0 Å². The molecule has 27 heavy (non-hydrogen) atoms. The van der Waals surface area contributed by atoms with Crippen LogP contribution in [0.3, 0.4) is 0 Å². The summed E-state index contributed by atoms with van der Waals surface area (Å²) < 4.78 is 0. The maximum absolute atomic E-state index is 13.3. The standard InChI is InChI=1S/C21H23N3O3/c25-20(16-5-1-2-6-19(16)23-11-3-4-12-23)24-13-17(18(14-24)21(26)27)15-7-9-22-10-8-15/h1-2,5-10,17-18H,3-4,11-14H2,(H,26,27)/t17-,18+/m0/s1. The van der Waals surface area contributed by atoms with Crippen LogP contribution in [0.25, 0.3) is 0 Å². The number of carboxylic acid groups (broad SMARTS) is 1. The highest BCUT2D eigenvalue weighted by Crippen LogP contribution is 2.35. The van der Waals surface area contributed by atoms with Gasteiger partial charge < -0.3 is 14.9 Å². The number of carboxylic acids is 1. The third-order valence-electron chi connectivity index (χ3n) is 5.64. The van der Waals surface area contributed by atoms with Gasteiger partial charge in [0, 0.05) is 50.2 Å². The molecule has 6 nitrogen and oxygen atoms in total. The maximum atomic E-state index is 13.3. The molecule has 2 aliphatic heterocycles. The number of aromatic nitrogens is 1. The van der Waals surface area contributed by atoms with E-state index in [1.807, 2.05) is 36.4 Å².